The van der Waals surface area contributed by atoms with Crippen molar-refractivity contribution >= 4 is 11.8 Å². The van der Waals surface area contributed by atoms with E-state index in [9.17, 15) is 9.59 Å². The van der Waals surface area contributed by atoms with Crippen molar-refractivity contribution in [1.82, 2.24) is 10.2 Å². The Labute approximate surface area is 153 Å². The van der Waals surface area contributed by atoms with E-state index in [1.165, 1.54) is 6.26 Å². The number of nitrogens with one attached hydrogen (secondary N) is 1. The van der Waals surface area contributed by atoms with Gasteiger partial charge in [0.2, 0.25) is 5.91 Å². The first-order chi connectivity index (χ1) is 12.6. The van der Waals surface area contributed by atoms with Gasteiger partial charge in [0.25, 0.3) is 5.91 Å². The van der Waals surface area contributed by atoms with Crippen molar-refractivity contribution in [2.75, 3.05) is 26.2 Å². The summed E-state index contributed by atoms with van der Waals surface area (Å²) < 4.78 is 10.8. The van der Waals surface area contributed by atoms with Crippen LogP contribution in [0.25, 0.3) is 0 Å². The number of rotatable bonds is 6. The molecular weight excluding hydrogens is 332 g/mol. The van der Waals surface area contributed by atoms with E-state index in [-0.39, 0.29) is 17.7 Å². The summed E-state index contributed by atoms with van der Waals surface area (Å²) in [7, 11) is 0. The second kappa shape index (κ2) is 8.56. The molecular formula is C20H24N2O4. The van der Waals surface area contributed by atoms with Gasteiger partial charge in [0.1, 0.15) is 12.4 Å². The zero-order valence-corrected chi connectivity index (χ0v) is 14.9. The lowest BCUT2D eigenvalue weighted by molar-refractivity contribution is -0.126. The topological polar surface area (TPSA) is 71.8 Å². The first-order valence-electron chi connectivity index (χ1n) is 8.93. The fourth-order valence-electron chi connectivity index (χ4n) is 3.09. The van der Waals surface area contributed by atoms with Crippen LogP contribution in [0.4, 0.5) is 0 Å². The van der Waals surface area contributed by atoms with E-state index >= 15 is 0 Å². The fraction of sp³-hybridized carbons (Fsp3) is 0.400. The molecule has 0 spiro atoms. The molecule has 1 saturated heterocycles. The summed E-state index contributed by atoms with van der Waals surface area (Å²) in [5.74, 6) is 1.02. The molecule has 0 aliphatic carbocycles. The van der Waals surface area contributed by atoms with Crippen molar-refractivity contribution in [2.24, 2.45) is 5.92 Å². The number of hydrogen-bond donors (Lipinski definition) is 1. The van der Waals surface area contributed by atoms with Crippen molar-refractivity contribution in [3.8, 4) is 5.75 Å². The Bertz CT molecular complexity index is 734. The number of hydrogen-bond acceptors (Lipinski definition) is 4. The van der Waals surface area contributed by atoms with E-state index in [1.807, 2.05) is 31.2 Å². The molecule has 0 saturated carbocycles. The third kappa shape index (κ3) is 4.65. The fourth-order valence-corrected chi connectivity index (χ4v) is 3.09. The minimum atomic E-state index is -0.111. The number of ether oxygens (including phenoxy) is 1. The molecule has 2 aromatic rings. The average molecular weight is 356 g/mol. The molecule has 26 heavy (non-hydrogen) atoms. The monoisotopic (exact) mass is 356 g/mol. The van der Waals surface area contributed by atoms with Crippen LogP contribution in [0.15, 0.2) is 47.1 Å². The van der Waals surface area contributed by atoms with Gasteiger partial charge in [-0.3, -0.25) is 9.59 Å². The van der Waals surface area contributed by atoms with E-state index < -0.39 is 0 Å². The highest BCUT2D eigenvalue weighted by Crippen LogP contribution is 2.19. The van der Waals surface area contributed by atoms with Crippen LogP contribution in [0.1, 0.15) is 29.0 Å². The molecule has 2 amide bonds. The van der Waals surface area contributed by atoms with Crippen molar-refractivity contribution in [1.29, 1.82) is 0 Å². The number of aryl methyl sites for hydroxylation is 1. The molecule has 1 N–H and O–H groups in total. The molecule has 1 aromatic carbocycles. The number of amides is 2. The van der Waals surface area contributed by atoms with Crippen molar-refractivity contribution in [3.63, 3.8) is 0 Å². The van der Waals surface area contributed by atoms with Gasteiger partial charge >= 0.3 is 0 Å². The van der Waals surface area contributed by atoms with Crippen molar-refractivity contribution < 1.29 is 18.7 Å². The summed E-state index contributed by atoms with van der Waals surface area (Å²) in [6, 6.07) is 11.2. The maximum Gasteiger partial charge on any atom is 0.289 e. The molecule has 6 nitrogen and oxygen atoms in total. The van der Waals surface area contributed by atoms with Gasteiger partial charge in [-0.1, -0.05) is 12.1 Å². The maximum atomic E-state index is 12.3. The third-order valence-electron chi connectivity index (χ3n) is 4.54. The number of benzene rings is 1. The molecule has 0 atom stereocenters. The number of carbonyl (C=O) groups is 2. The summed E-state index contributed by atoms with van der Waals surface area (Å²) in [6.45, 7) is 4.05. The predicted molar refractivity (Wildman–Crippen MR) is 97.0 cm³/mol. The quantitative estimate of drug-likeness (QED) is 0.808. The molecule has 138 valence electrons. The average Bonchev–Trinajstić information content (AvgIpc) is 3.19. The van der Waals surface area contributed by atoms with Crippen LogP contribution >= 0.6 is 0 Å². The Hall–Kier alpha value is -2.76. The summed E-state index contributed by atoms with van der Waals surface area (Å²) in [5.41, 5.74) is 1.14. The van der Waals surface area contributed by atoms with Gasteiger partial charge in [0, 0.05) is 19.0 Å². The number of carbonyl (C=O) groups excluding carboxylic acids is 2. The maximum absolute atomic E-state index is 12.3. The molecule has 1 aliphatic heterocycles. The lowest BCUT2D eigenvalue weighted by Gasteiger charge is -2.30. The molecule has 6 heteroatoms. The van der Waals surface area contributed by atoms with Crippen molar-refractivity contribution in [3.05, 3.63) is 54.0 Å². The normalized spacial score (nSPS) is 14.9. The van der Waals surface area contributed by atoms with Crippen LogP contribution in [0.3, 0.4) is 0 Å². The van der Waals surface area contributed by atoms with Crippen molar-refractivity contribution in [2.45, 2.75) is 19.8 Å². The van der Waals surface area contributed by atoms with Gasteiger partial charge in [0.05, 0.1) is 12.8 Å². The number of furan rings is 1. The molecule has 0 radical (unpaired) electrons. The zero-order chi connectivity index (χ0) is 18.4. The standard InChI is InChI=1S/C20H24N2O4/c1-15-4-2-5-17(14-15)25-13-9-21-19(23)16-7-10-22(11-8-16)20(24)18-6-3-12-26-18/h2-6,12,14,16H,7-11,13H2,1H3,(H,21,23). The molecule has 1 aromatic heterocycles. The Balaban J connectivity index is 1.36. The van der Waals surface area contributed by atoms with Gasteiger partial charge < -0.3 is 19.4 Å². The zero-order valence-electron chi connectivity index (χ0n) is 14.9. The molecule has 1 aliphatic rings. The van der Waals surface area contributed by atoms with Crippen LogP contribution in [-0.4, -0.2) is 43.0 Å². The van der Waals surface area contributed by atoms with Gasteiger partial charge in [-0.2, -0.15) is 0 Å². The van der Waals surface area contributed by atoms with Crippen LogP contribution in [0.2, 0.25) is 0 Å². The second-order valence-corrected chi connectivity index (χ2v) is 6.50. The third-order valence-corrected chi connectivity index (χ3v) is 4.54. The Morgan fingerprint density at radius 2 is 2.04 bits per heavy atom. The van der Waals surface area contributed by atoms with Crippen LogP contribution in [0.5, 0.6) is 5.75 Å². The van der Waals surface area contributed by atoms with E-state index in [2.05, 4.69) is 5.32 Å². The number of likely N-dealkylation sites (tertiary alicyclic amines) is 1. The first kappa shape index (κ1) is 18.0. The minimum absolute atomic E-state index is 0.0305. The van der Waals surface area contributed by atoms with E-state index in [1.54, 1.807) is 17.0 Å². The van der Waals surface area contributed by atoms with Crippen LogP contribution in [-0.2, 0) is 4.79 Å². The second-order valence-electron chi connectivity index (χ2n) is 6.50. The number of nitrogens with zero attached hydrogens (tertiary/aromatic N) is 1. The molecule has 1 fully saturated rings. The first-order valence-corrected chi connectivity index (χ1v) is 8.93. The molecule has 2 heterocycles. The summed E-state index contributed by atoms with van der Waals surface area (Å²) >= 11 is 0. The van der Waals surface area contributed by atoms with E-state index in [0.717, 1.165) is 11.3 Å². The van der Waals surface area contributed by atoms with E-state index in [0.29, 0.717) is 44.8 Å². The summed E-state index contributed by atoms with van der Waals surface area (Å²) in [4.78, 5) is 26.2. The largest absolute Gasteiger partial charge is 0.492 e. The lowest BCUT2D eigenvalue weighted by atomic mass is 9.96. The minimum Gasteiger partial charge on any atom is -0.492 e. The molecule has 3 rings (SSSR count). The Morgan fingerprint density at radius 3 is 2.73 bits per heavy atom. The summed E-state index contributed by atoms with van der Waals surface area (Å²) in [5, 5.41) is 2.92. The summed E-state index contributed by atoms with van der Waals surface area (Å²) in [6.07, 6.45) is 2.82. The highest BCUT2D eigenvalue weighted by Gasteiger charge is 2.28. The van der Waals surface area contributed by atoms with E-state index in [4.69, 9.17) is 9.15 Å². The SMILES string of the molecule is Cc1cccc(OCCNC(=O)C2CCN(C(=O)c3ccco3)CC2)c1. The van der Waals surface area contributed by atoms with Gasteiger partial charge in [-0.25, -0.2) is 0 Å². The van der Waals surface area contributed by atoms with Gasteiger partial charge in [-0.05, 0) is 49.6 Å². The predicted octanol–water partition coefficient (Wildman–Crippen LogP) is 2.64. The Kier molecular flexibility index (Phi) is 5.94. The van der Waals surface area contributed by atoms with Gasteiger partial charge in [-0.15, -0.1) is 0 Å². The van der Waals surface area contributed by atoms with Gasteiger partial charge in [0.15, 0.2) is 5.76 Å². The Morgan fingerprint density at radius 1 is 1.23 bits per heavy atom. The highest BCUT2D eigenvalue weighted by molar-refractivity contribution is 5.91. The lowest BCUT2D eigenvalue weighted by Crippen LogP contribution is -2.43. The smallest absolute Gasteiger partial charge is 0.289 e. The van der Waals surface area contributed by atoms with Crippen LogP contribution < -0.4 is 10.1 Å². The number of piperidine rings is 1. The molecule has 0 bridgehead atoms. The van der Waals surface area contributed by atoms with Crippen LogP contribution in [0, 0.1) is 12.8 Å². The molecule has 0 unspecified atom stereocenters. The highest BCUT2D eigenvalue weighted by atomic mass is 16.5.